The van der Waals surface area contributed by atoms with E-state index in [9.17, 15) is 14.7 Å². The Kier molecular flexibility index (Phi) is 3.74. The van der Waals surface area contributed by atoms with Crippen LogP contribution in [0, 0.1) is 0 Å². The van der Waals surface area contributed by atoms with Crippen molar-refractivity contribution in [1.82, 2.24) is 20.3 Å². The standard InChI is InChI=1S/C11H11N5O3S2/c12-7-9(17)16-8(11(18)19)5(4-21-10(7)16)1-2-20-6-3-13-15-14-6/h1-3,7,10H,4,12H2,(H,18,19)(H,13,14,15)/b2-1+/t7-,10-/m1/s1. The number of aromatic nitrogens is 3. The fraction of sp³-hybridized carbons (Fsp3) is 0.273. The lowest BCUT2D eigenvalue weighted by Gasteiger charge is -2.47. The van der Waals surface area contributed by atoms with Crippen LogP contribution < -0.4 is 5.73 Å². The summed E-state index contributed by atoms with van der Waals surface area (Å²) in [6, 6.07) is -0.612. The first-order valence-electron chi connectivity index (χ1n) is 5.95. The molecule has 3 rings (SSSR count). The Morgan fingerprint density at radius 2 is 2.48 bits per heavy atom. The zero-order valence-electron chi connectivity index (χ0n) is 10.6. The molecule has 110 valence electrons. The van der Waals surface area contributed by atoms with Crippen LogP contribution in [0.2, 0.25) is 0 Å². The maximum Gasteiger partial charge on any atom is 0.352 e. The number of hydrogen-bond donors (Lipinski definition) is 3. The molecule has 21 heavy (non-hydrogen) atoms. The first-order valence-corrected chi connectivity index (χ1v) is 7.88. The fourth-order valence-electron chi connectivity index (χ4n) is 2.10. The number of allylic oxidation sites excluding steroid dienone is 1. The molecule has 0 bridgehead atoms. The number of nitrogens with zero attached hydrogens (tertiary/aromatic N) is 3. The van der Waals surface area contributed by atoms with Gasteiger partial charge in [-0.1, -0.05) is 11.8 Å². The van der Waals surface area contributed by atoms with E-state index in [0.717, 1.165) is 0 Å². The summed E-state index contributed by atoms with van der Waals surface area (Å²) in [6.07, 6.45) is 3.24. The molecule has 0 radical (unpaired) electrons. The number of nitrogens with two attached hydrogens (primary N) is 1. The number of thioether (sulfide) groups is 2. The zero-order valence-corrected chi connectivity index (χ0v) is 12.2. The number of rotatable bonds is 4. The van der Waals surface area contributed by atoms with Gasteiger partial charge in [0.25, 0.3) is 0 Å². The lowest BCUT2D eigenvalue weighted by atomic mass is 10.0. The van der Waals surface area contributed by atoms with E-state index in [1.54, 1.807) is 17.7 Å². The highest BCUT2D eigenvalue weighted by atomic mass is 32.2. The Bertz CT molecular complexity index is 642. The predicted octanol–water partition coefficient (Wildman–Crippen LogP) is -0.00840. The van der Waals surface area contributed by atoms with Gasteiger partial charge in [0, 0.05) is 5.75 Å². The van der Waals surface area contributed by atoms with E-state index in [0.29, 0.717) is 16.4 Å². The van der Waals surface area contributed by atoms with E-state index in [2.05, 4.69) is 15.4 Å². The van der Waals surface area contributed by atoms with Gasteiger partial charge in [0.15, 0.2) is 0 Å². The van der Waals surface area contributed by atoms with Gasteiger partial charge in [-0.2, -0.15) is 10.3 Å². The summed E-state index contributed by atoms with van der Waals surface area (Å²) >= 11 is 2.77. The monoisotopic (exact) mass is 325 g/mol. The molecule has 1 amide bonds. The van der Waals surface area contributed by atoms with Crippen molar-refractivity contribution in [3.8, 4) is 0 Å². The summed E-state index contributed by atoms with van der Waals surface area (Å²) in [5.41, 5.74) is 6.28. The number of aliphatic carboxylic acids is 1. The molecule has 1 fully saturated rings. The Labute approximate surface area is 127 Å². The first kappa shape index (κ1) is 14.2. The molecule has 0 unspecified atom stereocenters. The number of aromatic amines is 1. The number of fused-ring (bicyclic) bond motifs is 1. The summed E-state index contributed by atoms with van der Waals surface area (Å²) in [5.74, 6) is -0.967. The molecule has 0 saturated carbocycles. The molecule has 2 aliphatic rings. The Morgan fingerprint density at radius 1 is 1.67 bits per heavy atom. The predicted molar refractivity (Wildman–Crippen MR) is 77.1 cm³/mol. The van der Waals surface area contributed by atoms with Crippen molar-refractivity contribution in [1.29, 1.82) is 0 Å². The van der Waals surface area contributed by atoms with Crippen LogP contribution in [0.4, 0.5) is 0 Å². The van der Waals surface area contributed by atoms with Gasteiger partial charge in [0.05, 0.1) is 6.20 Å². The molecule has 2 aliphatic heterocycles. The average Bonchev–Trinajstić information content (AvgIpc) is 2.98. The van der Waals surface area contributed by atoms with Crippen LogP contribution in [0.15, 0.2) is 34.0 Å². The second-order valence-corrected chi connectivity index (χ2v) is 6.37. The summed E-state index contributed by atoms with van der Waals surface area (Å²) in [5, 5.41) is 21.5. The van der Waals surface area contributed by atoms with Crippen molar-refractivity contribution in [2.24, 2.45) is 5.73 Å². The molecule has 0 aromatic carbocycles. The van der Waals surface area contributed by atoms with E-state index < -0.39 is 12.0 Å². The van der Waals surface area contributed by atoms with Crippen LogP contribution in [-0.2, 0) is 9.59 Å². The van der Waals surface area contributed by atoms with Crippen molar-refractivity contribution in [2.45, 2.75) is 16.4 Å². The summed E-state index contributed by atoms with van der Waals surface area (Å²) < 4.78 is 0. The minimum atomic E-state index is -1.12. The maximum absolute atomic E-state index is 11.8. The largest absolute Gasteiger partial charge is 0.477 e. The molecule has 10 heteroatoms. The van der Waals surface area contributed by atoms with Gasteiger partial charge in [-0.3, -0.25) is 9.69 Å². The Morgan fingerprint density at radius 3 is 3.14 bits per heavy atom. The highest BCUT2D eigenvalue weighted by Gasteiger charge is 2.51. The smallest absolute Gasteiger partial charge is 0.352 e. The molecule has 1 saturated heterocycles. The van der Waals surface area contributed by atoms with Crippen LogP contribution in [-0.4, -0.2) is 54.5 Å². The summed E-state index contributed by atoms with van der Waals surface area (Å²) in [4.78, 5) is 24.4. The molecular formula is C11H11N5O3S2. The number of carbonyl (C=O) groups excluding carboxylic acids is 1. The number of carbonyl (C=O) groups is 2. The van der Waals surface area contributed by atoms with Crippen molar-refractivity contribution < 1.29 is 14.7 Å². The number of β-lactam (4-membered cyclic amide) rings is 1. The summed E-state index contributed by atoms with van der Waals surface area (Å²) in [7, 11) is 0. The topological polar surface area (TPSA) is 125 Å². The van der Waals surface area contributed by atoms with Crippen molar-refractivity contribution >= 4 is 35.4 Å². The number of nitrogens with one attached hydrogen (secondary N) is 1. The quantitative estimate of drug-likeness (QED) is 0.521. The zero-order chi connectivity index (χ0) is 15.0. The Balaban J connectivity index is 1.82. The third-order valence-electron chi connectivity index (χ3n) is 3.09. The van der Waals surface area contributed by atoms with Gasteiger partial charge in [-0.05, 0) is 17.1 Å². The van der Waals surface area contributed by atoms with Crippen molar-refractivity contribution in [3.05, 3.63) is 29.0 Å². The van der Waals surface area contributed by atoms with E-state index in [1.807, 2.05) is 0 Å². The molecule has 0 aliphatic carbocycles. The van der Waals surface area contributed by atoms with Crippen LogP contribution >= 0.6 is 23.5 Å². The molecule has 3 heterocycles. The van der Waals surface area contributed by atoms with Crippen molar-refractivity contribution in [2.75, 3.05) is 5.75 Å². The highest BCUT2D eigenvalue weighted by molar-refractivity contribution is 8.02. The van der Waals surface area contributed by atoms with Crippen LogP contribution in [0.3, 0.4) is 0 Å². The molecule has 2 atom stereocenters. The van der Waals surface area contributed by atoms with Gasteiger partial charge in [-0.15, -0.1) is 16.9 Å². The number of hydrogen-bond acceptors (Lipinski definition) is 7. The summed E-state index contributed by atoms with van der Waals surface area (Å²) in [6.45, 7) is 0. The minimum absolute atomic E-state index is 0.0162. The SMILES string of the molecule is N[C@@H]1C(=O)N2C(C(=O)O)=C(/C=C/Sc3cn[nH]n3)CS[C@H]12. The average molecular weight is 325 g/mol. The van der Waals surface area contributed by atoms with Crippen LogP contribution in [0.1, 0.15) is 0 Å². The number of carboxylic acid groups (broad SMARTS) is 1. The fourth-order valence-corrected chi connectivity index (χ4v) is 3.95. The number of carboxylic acids is 1. The second kappa shape index (κ2) is 5.54. The number of amides is 1. The molecule has 8 nitrogen and oxygen atoms in total. The first-order chi connectivity index (χ1) is 10.1. The normalized spacial score (nSPS) is 25.2. The third kappa shape index (κ3) is 2.45. The second-order valence-electron chi connectivity index (χ2n) is 4.34. The lowest BCUT2D eigenvalue weighted by molar-refractivity contribution is -0.147. The molecule has 1 aromatic rings. The maximum atomic E-state index is 11.8. The van der Waals surface area contributed by atoms with Crippen molar-refractivity contribution in [3.63, 3.8) is 0 Å². The van der Waals surface area contributed by atoms with Gasteiger partial charge >= 0.3 is 5.97 Å². The van der Waals surface area contributed by atoms with Gasteiger partial charge in [0.2, 0.25) is 5.91 Å². The highest BCUT2D eigenvalue weighted by Crippen LogP contribution is 2.39. The van der Waals surface area contributed by atoms with Crippen LogP contribution in [0.25, 0.3) is 0 Å². The molecule has 1 aromatic heterocycles. The van der Waals surface area contributed by atoms with Gasteiger partial charge in [0.1, 0.15) is 22.1 Å². The minimum Gasteiger partial charge on any atom is -0.477 e. The Hall–Kier alpha value is -1.78. The molecule has 4 N–H and O–H groups in total. The molecular weight excluding hydrogens is 314 g/mol. The number of H-pyrrole nitrogens is 1. The van der Waals surface area contributed by atoms with E-state index in [-0.39, 0.29) is 17.0 Å². The van der Waals surface area contributed by atoms with E-state index in [1.165, 1.54) is 28.4 Å². The molecule has 0 spiro atoms. The lowest BCUT2D eigenvalue weighted by Crippen LogP contribution is -2.68. The van der Waals surface area contributed by atoms with E-state index in [4.69, 9.17) is 5.73 Å². The van der Waals surface area contributed by atoms with Gasteiger partial charge < -0.3 is 10.8 Å². The van der Waals surface area contributed by atoms with Gasteiger partial charge in [-0.25, -0.2) is 4.79 Å². The third-order valence-corrected chi connectivity index (χ3v) is 5.13. The van der Waals surface area contributed by atoms with Crippen LogP contribution in [0.5, 0.6) is 0 Å². The van der Waals surface area contributed by atoms with E-state index >= 15 is 0 Å².